The lowest BCUT2D eigenvalue weighted by atomic mass is 10.1. The SMILES string of the molecule is CCOC(=O)CCCCCn1c(=O)c2ccccc2c(=O)c2ccccc21. The van der Waals surface area contributed by atoms with Crippen LogP contribution in [0, 0.1) is 0 Å². The third kappa shape index (κ3) is 4.08. The lowest BCUT2D eigenvalue weighted by Crippen LogP contribution is -2.18. The summed E-state index contributed by atoms with van der Waals surface area (Å²) in [6.45, 7) is 2.69. The van der Waals surface area contributed by atoms with Gasteiger partial charge in [0, 0.05) is 23.7 Å². The number of nitrogens with zero attached hydrogens (tertiary/aromatic N) is 1. The van der Waals surface area contributed by atoms with E-state index >= 15 is 0 Å². The van der Waals surface area contributed by atoms with Crippen LogP contribution in [0.3, 0.4) is 0 Å². The molecule has 0 N–H and O–H groups in total. The third-order valence-corrected chi connectivity index (χ3v) is 4.65. The van der Waals surface area contributed by atoms with Crippen molar-refractivity contribution in [1.82, 2.24) is 4.57 Å². The molecule has 0 saturated carbocycles. The summed E-state index contributed by atoms with van der Waals surface area (Å²) >= 11 is 0. The highest BCUT2D eigenvalue weighted by Crippen LogP contribution is 2.13. The molecule has 0 saturated heterocycles. The molecular formula is C22H23NO4. The Morgan fingerprint density at radius 2 is 1.56 bits per heavy atom. The summed E-state index contributed by atoms with van der Waals surface area (Å²) in [5.41, 5.74) is 0.364. The fourth-order valence-electron chi connectivity index (χ4n) is 3.34. The van der Waals surface area contributed by atoms with Crippen LogP contribution < -0.4 is 11.0 Å². The summed E-state index contributed by atoms with van der Waals surface area (Å²) < 4.78 is 6.61. The van der Waals surface area contributed by atoms with Gasteiger partial charge in [-0.1, -0.05) is 36.8 Å². The largest absolute Gasteiger partial charge is 0.466 e. The smallest absolute Gasteiger partial charge is 0.305 e. The number of hydrogen-bond acceptors (Lipinski definition) is 4. The molecule has 140 valence electrons. The number of para-hydroxylation sites is 1. The maximum Gasteiger partial charge on any atom is 0.305 e. The van der Waals surface area contributed by atoms with E-state index in [0.29, 0.717) is 41.2 Å². The summed E-state index contributed by atoms with van der Waals surface area (Å²) in [5.74, 6) is -0.187. The highest BCUT2D eigenvalue weighted by Gasteiger charge is 2.10. The van der Waals surface area contributed by atoms with Crippen molar-refractivity contribution in [3.8, 4) is 0 Å². The minimum Gasteiger partial charge on any atom is -0.466 e. The predicted octanol–water partition coefficient (Wildman–Crippen LogP) is 3.64. The van der Waals surface area contributed by atoms with Crippen molar-refractivity contribution in [1.29, 1.82) is 0 Å². The summed E-state index contributed by atoms with van der Waals surface area (Å²) in [4.78, 5) is 37.4. The third-order valence-electron chi connectivity index (χ3n) is 4.65. The van der Waals surface area contributed by atoms with E-state index in [0.717, 1.165) is 19.3 Å². The van der Waals surface area contributed by atoms with Gasteiger partial charge in [-0.05, 0) is 38.0 Å². The van der Waals surface area contributed by atoms with Crippen LogP contribution in [0.2, 0.25) is 0 Å². The molecule has 0 unspecified atom stereocenters. The molecule has 1 aromatic heterocycles. The van der Waals surface area contributed by atoms with Gasteiger partial charge in [0.15, 0.2) is 5.43 Å². The van der Waals surface area contributed by atoms with E-state index in [1.165, 1.54) is 0 Å². The van der Waals surface area contributed by atoms with E-state index in [1.54, 1.807) is 41.8 Å². The Kier molecular flexibility index (Phi) is 6.01. The van der Waals surface area contributed by atoms with Crippen LogP contribution in [-0.2, 0) is 16.1 Å². The number of hydrogen-bond donors (Lipinski definition) is 0. The number of ether oxygens (including phenoxy) is 1. The highest BCUT2D eigenvalue weighted by atomic mass is 16.5. The van der Waals surface area contributed by atoms with Crippen molar-refractivity contribution in [2.24, 2.45) is 0 Å². The summed E-state index contributed by atoms with van der Waals surface area (Å²) in [6.07, 6.45) is 2.66. The van der Waals surface area contributed by atoms with E-state index in [9.17, 15) is 14.4 Å². The maximum absolute atomic E-state index is 13.1. The van der Waals surface area contributed by atoms with E-state index in [1.807, 2.05) is 18.2 Å². The van der Waals surface area contributed by atoms with Crippen molar-refractivity contribution in [2.75, 3.05) is 6.61 Å². The zero-order valence-electron chi connectivity index (χ0n) is 15.4. The Morgan fingerprint density at radius 3 is 2.30 bits per heavy atom. The van der Waals surface area contributed by atoms with Crippen LogP contribution in [0.1, 0.15) is 32.6 Å². The van der Waals surface area contributed by atoms with Crippen LogP contribution in [0.5, 0.6) is 0 Å². The zero-order chi connectivity index (χ0) is 19.2. The summed E-state index contributed by atoms with van der Waals surface area (Å²) in [7, 11) is 0. The number of carbonyl (C=O) groups excluding carboxylic acids is 1. The van der Waals surface area contributed by atoms with Gasteiger partial charge in [0.2, 0.25) is 0 Å². The van der Waals surface area contributed by atoms with E-state index in [4.69, 9.17) is 4.74 Å². The fourth-order valence-corrected chi connectivity index (χ4v) is 3.34. The second-order valence-electron chi connectivity index (χ2n) is 6.46. The predicted molar refractivity (Wildman–Crippen MR) is 107 cm³/mol. The molecule has 5 nitrogen and oxygen atoms in total. The lowest BCUT2D eigenvalue weighted by molar-refractivity contribution is -0.143. The number of unbranched alkanes of at least 4 members (excludes halogenated alkanes) is 2. The quantitative estimate of drug-likeness (QED) is 0.474. The topological polar surface area (TPSA) is 65.4 Å². The molecule has 0 bridgehead atoms. The molecule has 1 heterocycles. The molecule has 0 radical (unpaired) electrons. The van der Waals surface area contributed by atoms with Gasteiger partial charge in [0.1, 0.15) is 0 Å². The number of esters is 1. The van der Waals surface area contributed by atoms with Crippen LogP contribution in [0.25, 0.3) is 21.7 Å². The highest BCUT2D eigenvalue weighted by molar-refractivity contribution is 5.90. The standard InChI is InChI=1S/C22H23NO4/c1-2-27-20(24)14-4-3-9-15-23-19-13-8-7-12-18(19)21(25)16-10-5-6-11-17(16)22(23)26/h5-8,10-13H,2-4,9,14-15H2,1H3. The Balaban J connectivity index is 1.94. The molecule has 5 heteroatoms. The van der Waals surface area contributed by atoms with Gasteiger partial charge in [-0.15, -0.1) is 0 Å². The van der Waals surface area contributed by atoms with Crippen molar-refractivity contribution >= 4 is 27.6 Å². The van der Waals surface area contributed by atoms with E-state index in [-0.39, 0.29) is 17.0 Å². The van der Waals surface area contributed by atoms with E-state index in [2.05, 4.69) is 0 Å². The number of aromatic nitrogens is 1. The molecule has 0 fully saturated rings. The number of benzene rings is 2. The van der Waals surface area contributed by atoms with Crippen molar-refractivity contribution in [3.63, 3.8) is 0 Å². The molecule has 0 spiro atoms. The Morgan fingerprint density at radius 1 is 0.889 bits per heavy atom. The molecule has 0 aliphatic rings. The molecular weight excluding hydrogens is 342 g/mol. The van der Waals surface area contributed by atoms with Gasteiger partial charge in [-0.25, -0.2) is 0 Å². The second-order valence-corrected chi connectivity index (χ2v) is 6.46. The van der Waals surface area contributed by atoms with Crippen LogP contribution in [-0.4, -0.2) is 17.1 Å². The first kappa shape index (κ1) is 18.8. The molecule has 27 heavy (non-hydrogen) atoms. The lowest BCUT2D eigenvalue weighted by Gasteiger charge is -2.07. The van der Waals surface area contributed by atoms with Gasteiger partial charge in [-0.2, -0.15) is 0 Å². The Bertz CT molecular complexity index is 1080. The van der Waals surface area contributed by atoms with Crippen molar-refractivity contribution < 1.29 is 9.53 Å². The van der Waals surface area contributed by atoms with Crippen molar-refractivity contribution in [2.45, 2.75) is 39.2 Å². The number of rotatable bonds is 7. The molecule has 0 aliphatic heterocycles. The summed E-state index contributed by atoms with van der Waals surface area (Å²) in [6, 6.07) is 14.2. The molecule has 0 atom stereocenters. The van der Waals surface area contributed by atoms with Crippen LogP contribution in [0.15, 0.2) is 58.1 Å². The first-order valence-corrected chi connectivity index (χ1v) is 9.33. The van der Waals surface area contributed by atoms with Gasteiger partial charge in [0.25, 0.3) is 5.56 Å². The minimum absolute atomic E-state index is 0.126. The molecule has 0 amide bonds. The Hall–Kier alpha value is -2.95. The number of fused-ring (bicyclic) bond motifs is 2. The van der Waals surface area contributed by atoms with Crippen molar-refractivity contribution in [3.05, 3.63) is 69.1 Å². The zero-order valence-corrected chi connectivity index (χ0v) is 15.4. The number of carbonyl (C=O) groups is 1. The average molecular weight is 365 g/mol. The van der Waals surface area contributed by atoms with Gasteiger partial charge < -0.3 is 9.30 Å². The van der Waals surface area contributed by atoms with E-state index < -0.39 is 0 Å². The van der Waals surface area contributed by atoms with Crippen LogP contribution in [0.4, 0.5) is 0 Å². The van der Waals surface area contributed by atoms with Gasteiger partial charge >= 0.3 is 5.97 Å². The average Bonchev–Trinajstić information content (AvgIpc) is 2.77. The first-order chi connectivity index (χ1) is 13.1. The van der Waals surface area contributed by atoms with Gasteiger partial charge in [0.05, 0.1) is 17.5 Å². The Labute approximate surface area is 157 Å². The fraction of sp³-hybridized carbons (Fsp3) is 0.318. The normalized spacial score (nSPS) is 11.0. The molecule has 2 aromatic carbocycles. The first-order valence-electron chi connectivity index (χ1n) is 9.33. The molecule has 3 aromatic rings. The maximum atomic E-state index is 13.1. The molecule has 3 rings (SSSR count). The van der Waals surface area contributed by atoms with Crippen LogP contribution >= 0.6 is 0 Å². The minimum atomic E-state index is -0.187. The monoisotopic (exact) mass is 365 g/mol. The molecule has 0 aliphatic carbocycles. The second kappa shape index (κ2) is 8.62. The number of aryl methyl sites for hydroxylation is 1. The van der Waals surface area contributed by atoms with Gasteiger partial charge in [-0.3, -0.25) is 14.4 Å². The summed E-state index contributed by atoms with van der Waals surface area (Å²) in [5, 5.41) is 1.42.